The van der Waals surface area contributed by atoms with Crippen LogP contribution in [0.5, 0.6) is 5.75 Å². The van der Waals surface area contributed by atoms with Gasteiger partial charge in [0.05, 0.1) is 5.02 Å². The van der Waals surface area contributed by atoms with Gasteiger partial charge in [-0.2, -0.15) is 0 Å². The lowest BCUT2D eigenvalue weighted by Crippen LogP contribution is -2.45. The van der Waals surface area contributed by atoms with E-state index in [2.05, 4.69) is 0 Å². The number of carbonyl (C=O) groups excluding carboxylic acids is 2. The maximum atomic E-state index is 12.3. The number of carbonyl (C=O) groups is 2. The molecular weight excluding hydrogens is 348 g/mol. The molecule has 7 nitrogen and oxygen atoms in total. The monoisotopic (exact) mass is 364 g/mol. The van der Waals surface area contributed by atoms with E-state index in [1.165, 1.54) is 17.0 Å². The summed E-state index contributed by atoms with van der Waals surface area (Å²) in [5.41, 5.74) is 5.90. The summed E-state index contributed by atoms with van der Waals surface area (Å²) in [4.78, 5) is 36.6. The SMILES string of the molecule is Cc1cc(=O)oc2cc(OCC(=O)N3CCC[C@H]3C(N)=O)c(Cl)cc12. The molecule has 0 bridgehead atoms. The number of hydrogen-bond donors (Lipinski definition) is 1. The van der Waals surface area contributed by atoms with E-state index in [9.17, 15) is 14.4 Å². The maximum absolute atomic E-state index is 12.3. The zero-order valence-corrected chi connectivity index (χ0v) is 14.3. The minimum atomic E-state index is -0.594. The number of benzene rings is 1. The number of likely N-dealkylation sites (tertiary alicyclic amines) is 1. The molecule has 0 aliphatic carbocycles. The second-order valence-corrected chi connectivity index (χ2v) is 6.37. The van der Waals surface area contributed by atoms with Gasteiger partial charge in [-0.3, -0.25) is 9.59 Å². The molecule has 0 radical (unpaired) electrons. The molecule has 2 amide bonds. The first-order valence-corrected chi connectivity index (χ1v) is 8.20. The van der Waals surface area contributed by atoms with E-state index in [0.29, 0.717) is 29.0 Å². The van der Waals surface area contributed by atoms with Crippen LogP contribution < -0.4 is 16.1 Å². The number of nitrogens with zero attached hydrogens (tertiary/aromatic N) is 1. The number of fused-ring (bicyclic) bond motifs is 1. The van der Waals surface area contributed by atoms with Crippen LogP contribution in [0.2, 0.25) is 5.02 Å². The Labute approximate surface area is 148 Å². The predicted molar refractivity (Wildman–Crippen MR) is 91.7 cm³/mol. The molecular formula is C17H17ClN2O5. The van der Waals surface area contributed by atoms with Crippen molar-refractivity contribution < 1.29 is 18.7 Å². The fourth-order valence-corrected chi connectivity index (χ4v) is 3.23. The Bertz CT molecular complexity index is 908. The molecule has 0 unspecified atom stereocenters. The minimum absolute atomic E-state index is 0.228. The predicted octanol–water partition coefficient (Wildman–Crippen LogP) is 1.61. The largest absolute Gasteiger partial charge is 0.482 e. The van der Waals surface area contributed by atoms with Gasteiger partial charge in [0.25, 0.3) is 5.91 Å². The number of primary amides is 1. The van der Waals surface area contributed by atoms with Gasteiger partial charge in [0, 0.05) is 24.1 Å². The van der Waals surface area contributed by atoms with Crippen molar-refractivity contribution in [1.82, 2.24) is 4.90 Å². The zero-order valence-electron chi connectivity index (χ0n) is 13.6. The van der Waals surface area contributed by atoms with E-state index in [-0.39, 0.29) is 18.3 Å². The van der Waals surface area contributed by atoms with Gasteiger partial charge in [-0.15, -0.1) is 0 Å². The Morgan fingerprint density at radius 2 is 2.16 bits per heavy atom. The van der Waals surface area contributed by atoms with Crippen LogP contribution in [0.25, 0.3) is 11.0 Å². The number of amides is 2. The second kappa shape index (κ2) is 6.76. The highest BCUT2D eigenvalue weighted by Crippen LogP contribution is 2.31. The number of rotatable bonds is 4. The van der Waals surface area contributed by atoms with E-state index in [4.69, 9.17) is 26.5 Å². The summed E-state index contributed by atoms with van der Waals surface area (Å²) in [6, 6.07) is 3.88. The number of aryl methyl sites for hydroxylation is 1. The first kappa shape index (κ1) is 17.3. The third-order valence-corrected chi connectivity index (χ3v) is 4.55. The molecule has 1 aromatic carbocycles. The summed E-state index contributed by atoms with van der Waals surface area (Å²) in [5, 5.41) is 0.988. The highest BCUT2D eigenvalue weighted by molar-refractivity contribution is 6.32. The molecule has 2 heterocycles. The average Bonchev–Trinajstić information content (AvgIpc) is 3.03. The third-order valence-electron chi connectivity index (χ3n) is 4.26. The van der Waals surface area contributed by atoms with Crippen molar-refractivity contribution >= 4 is 34.4 Å². The van der Waals surface area contributed by atoms with Crippen LogP contribution in [0, 0.1) is 6.92 Å². The lowest BCUT2D eigenvalue weighted by molar-refractivity contribution is -0.138. The molecule has 132 valence electrons. The smallest absolute Gasteiger partial charge is 0.336 e. The van der Waals surface area contributed by atoms with E-state index < -0.39 is 17.6 Å². The lowest BCUT2D eigenvalue weighted by atomic mass is 10.1. The normalized spacial score (nSPS) is 17.0. The van der Waals surface area contributed by atoms with Crippen molar-refractivity contribution in [3.05, 3.63) is 39.2 Å². The highest BCUT2D eigenvalue weighted by Gasteiger charge is 2.32. The van der Waals surface area contributed by atoms with Gasteiger partial charge in [0.2, 0.25) is 5.91 Å². The molecule has 1 atom stereocenters. The number of hydrogen-bond acceptors (Lipinski definition) is 5. The molecule has 1 aliphatic rings. The first-order chi connectivity index (χ1) is 11.9. The molecule has 3 rings (SSSR count). The van der Waals surface area contributed by atoms with Crippen molar-refractivity contribution in [2.45, 2.75) is 25.8 Å². The Hall–Kier alpha value is -2.54. The fraction of sp³-hybridized carbons (Fsp3) is 0.353. The summed E-state index contributed by atoms with van der Waals surface area (Å²) in [5.74, 6) is -0.638. The van der Waals surface area contributed by atoms with Gasteiger partial charge < -0.3 is 19.8 Å². The summed E-state index contributed by atoms with van der Waals surface area (Å²) < 4.78 is 10.6. The van der Waals surface area contributed by atoms with Crippen molar-refractivity contribution in [2.75, 3.05) is 13.2 Å². The van der Waals surface area contributed by atoms with Crippen LogP contribution in [0.15, 0.2) is 27.4 Å². The summed E-state index contributed by atoms with van der Waals surface area (Å²) in [7, 11) is 0. The maximum Gasteiger partial charge on any atom is 0.336 e. The quantitative estimate of drug-likeness (QED) is 0.830. The summed E-state index contributed by atoms with van der Waals surface area (Å²) >= 11 is 6.19. The van der Waals surface area contributed by atoms with Crippen LogP contribution in [-0.2, 0) is 9.59 Å². The van der Waals surface area contributed by atoms with E-state index in [0.717, 1.165) is 12.0 Å². The van der Waals surface area contributed by atoms with Crippen molar-refractivity contribution in [1.29, 1.82) is 0 Å². The molecule has 2 N–H and O–H groups in total. The van der Waals surface area contributed by atoms with Crippen molar-refractivity contribution in [3.63, 3.8) is 0 Å². The van der Waals surface area contributed by atoms with E-state index in [1.54, 1.807) is 13.0 Å². The van der Waals surface area contributed by atoms with Gasteiger partial charge in [-0.05, 0) is 31.4 Å². The Morgan fingerprint density at radius 3 is 2.88 bits per heavy atom. The average molecular weight is 365 g/mol. The molecule has 0 saturated carbocycles. The van der Waals surface area contributed by atoms with Gasteiger partial charge in [0.1, 0.15) is 17.4 Å². The summed E-state index contributed by atoms with van der Waals surface area (Å²) in [6.45, 7) is 1.96. The standard InChI is InChI=1S/C17H17ClN2O5/c1-9-5-16(22)25-13-7-14(11(18)6-10(9)13)24-8-15(21)20-4-2-3-12(20)17(19)23/h5-7,12H,2-4,8H2,1H3,(H2,19,23)/t12-/m0/s1. The first-order valence-electron chi connectivity index (χ1n) is 7.82. The minimum Gasteiger partial charge on any atom is -0.482 e. The van der Waals surface area contributed by atoms with E-state index in [1.807, 2.05) is 0 Å². The van der Waals surface area contributed by atoms with Crippen LogP contribution in [0.4, 0.5) is 0 Å². The topological polar surface area (TPSA) is 103 Å². The Kier molecular flexibility index (Phi) is 4.67. The molecule has 8 heteroatoms. The molecule has 25 heavy (non-hydrogen) atoms. The van der Waals surface area contributed by atoms with E-state index >= 15 is 0 Å². The van der Waals surface area contributed by atoms with Crippen molar-refractivity contribution in [3.8, 4) is 5.75 Å². The van der Waals surface area contributed by atoms with Crippen LogP contribution in [-0.4, -0.2) is 35.9 Å². The number of ether oxygens (including phenoxy) is 1. The van der Waals surface area contributed by atoms with Crippen LogP contribution >= 0.6 is 11.6 Å². The van der Waals surface area contributed by atoms with Gasteiger partial charge in [-0.1, -0.05) is 11.6 Å². The molecule has 1 saturated heterocycles. The highest BCUT2D eigenvalue weighted by atomic mass is 35.5. The molecule has 0 spiro atoms. The summed E-state index contributed by atoms with van der Waals surface area (Å²) in [6.07, 6.45) is 1.28. The number of nitrogens with two attached hydrogens (primary N) is 1. The lowest BCUT2D eigenvalue weighted by Gasteiger charge is -2.22. The second-order valence-electron chi connectivity index (χ2n) is 5.96. The molecule has 1 aliphatic heterocycles. The van der Waals surface area contributed by atoms with Crippen LogP contribution in [0.3, 0.4) is 0 Å². The van der Waals surface area contributed by atoms with Gasteiger partial charge in [0.15, 0.2) is 6.61 Å². The molecule has 2 aromatic rings. The fourth-order valence-electron chi connectivity index (χ4n) is 3.01. The van der Waals surface area contributed by atoms with Crippen LogP contribution in [0.1, 0.15) is 18.4 Å². The Morgan fingerprint density at radius 1 is 1.40 bits per heavy atom. The van der Waals surface area contributed by atoms with Gasteiger partial charge >= 0.3 is 5.63 Å². The third kappa shape index (κ3) is 3.46. The van der Waals surface area contributed by atoms with Gasteiger partial charge in [-0.25, -0.2) is 4.79 Å². The number of halogens is 1. The molecule has 1 aromatic heterocycles. The Balaban J connectivity index is 1.79. The molecule has 1 fully saturated rings. The zero-order chi connectivity index (χ0) is 18.1. The van der Waals surface area contributed by atoms with Crippen molar-refractivity contribution in [2.24, 2.45) is 5.73 Å².